The van der Waals surface area contributed by atoms with Crippen molar-refractivity contribution in [2.75, 3.05) is 0 Å². The van der Waals surface area contributed by atoms with Crippen LogP contribution >= 0.6 is 12.4 Å². The molecule has 2 bridgehead atoms. The Morgan fingerprint density at radius 1 is 1.14 bits per heavy atom. The Morgan fingerprint density at radius 3 is 2.24 bits per heavy atom. The summed E-state index contributed by atoms with van der Waals surface area (Å²) in [6, 6.07) is 8.91. The average Bonchev–Trinajstić information content (AvgIpc) is 2.77. The lowest BCUT2D eigenvalue weighted by Gasteiger charge is -2.29. The third kappa shape index (κ3) is 3.55. The standard InChI is InChI=1S/C14H17N3O2S.ClH/c15-9-10-1-5-14(6-2-10)20(18,19)17-13-7-11-3-4-12(8-13)16-11;/h1-2,5-6,11-13,16-17H,3-4,7-8H2;1H. The number of halogens is 1. The quantitative estimate of drug-likeness (QED) is 0.882. The highest BCUT2D eigenvalue weighted by molar-refractivity contribution is 7.89. The molecule has 0 saturated carbocycles. The number of hydrogen-bond donors (Lipinski definition) is 2. The third-order valence-corrected chi connectivity index (χ3v) is 5.63. The summed E-state index contributed by atoms with van der Waals surface area (Å²) in [5, 5.41) is 12.2. The van der Waals surface area contributed by atoms with E-state index in [-0.39, 0.29) is 23.3 Å². The molecule has 2 atom stereocenters. The fraction of sp³-hybridized carbons (Fsp3) is 0.500. The number of rotatable bonds is 3. The van der Waals surface area contributed by atoms with Gasteiger partial charge >= 0.3 is 0 Å². The highest BCUT2D eigenvalue weighted by Gasteiger charge is 2.35. The van der Waals surface area contributed by atoms with Crippen molar-refractivity contribution < 1.29 is 8.42 Å². The van der Waals surface area contributed by atoms with E-state index in [4.69, 9.17) is 5.26 Å². The Bertz CT molecular complexity index is 627. The number of hydrogen-bond acceptors (Lipinski definition) is 4. The molecule has 0 spiro atoms. The Morgan fingerprint density at radius 2 is 1.71 bits per heavy atom. The van der Waals surface area contributed by atoms with Crippen LogP contribution in [0.5, 0.6) is 0 Å². The molecule has 0 aromatic heterocycles. The second-order valence-corrected chi connectivity index (χ2v) is 7.28. The normalized spacial score (nSPS) is 27.7. The summed E-state index contributed by atoms with van der Waals surface area (Å²) in [5.41, 5.74) is 0.462. The minimum absolute atomic E-state index is 0. The van der Waals surface area contributed by atoms with Gasteiger partial charge in [-0.3, -0.25) is 0 Å². The van der Waals surface area contributed by atoms with E-state index in [1.807, 2.05) is 6.07 Å². The van der Waals surface area contributed by atoms with E-state index < -0.39 is 10.0 Å². The van der Waals surface area contributed by atoms with Gasteiger partial charge < -0.3 is 5.32 Å². The molecule has 5 nitrogen and oxygen atoms in total. The summed E-state index contributed by atoms with van der Waals surface area (Å²) in [7, 11) is -3.49. The van der Waals surface area contributed by atoms with Crippen LogP contribution < -0.4 is 10.0 Å². The Hall–Kier alpha value is -1.13. The monoisotopic (exact) mass is 327 g/mol. The van der Waals surface area contributed by atoms with Crippen molar-refractivity contribution in [1.82, 2.24) is 10.0 Å². The van der Waals surface area contributed by atoms with Gasteiger partial charge in [0.2, 0.25) is 10.0 Å². The molecule has 0 aliphatic carbocycles. The van der Waals surface area contributed by atoms with Crippen LogP contribution in [0.25, 0.3) is 0 Å². The lowest BCUT2D eigenvalue weighted by molar-refractivity contribution is 0.345. The molecule has 2 fully saturated rings. The zero-order valence-corrected chi connectivity index (χ0v) is 13.1. The smallest absolute Gasteiger partial charge is 0.240 e. The van der Waals surface area contributed by atoms with E-state index in [0.29, 0.717) is 17.6 Å². The molecule has 114 valence electrons. The number of nitrogens with zero attached hydrogens (tertiary/aromatic N) is 1. The first kappa shape index (κ1) is 16.2. The van der Waals surface area contributed by atoms with Crippen LogP contribution in [0, 0.1) is 11.3 Å². The van der Waals surface area contributed by atoms with Crippen molar-refractivity contribution in [3.05, 3.63) is 29.8 Å². The topological polar surface area (TPSA) is 82.0 Å². The first-order chi connectivity index (χ1) is 9.56. The van der Waals surface area contributed by atoms with Crippen molar-refractivity contribution in [3.8, 4) is 6.07 Å². The maximum absolute atomic E-state index is 12.3. The van der Waals surface area contributed by atoms with Crippen LogP contribution in [0.2, 0.25) is 0 Å². The van der Waals surface area contributed by atoms with E-state index in [2.05, 4.69) is 10.0 Å². The number of sulfonamides is 1. The van der Waals surface area contributed by atoms with E-state index in [9.17, 15) is 8.42 Å². The minimum Gasteiger partial charge on any atom is -0.311 e. The Labute approximate surface area is 131 Å². The van der Waals surface area contributed by atoms with Gasteiger partial charge in [0.05, 0.1) is 16.5 Å². The summed E-state index contributed by atoms with van der Waals surface area (Å²) in [5.74, 6) is 0. The van der Waals surface area contributed by atoms with Crippen molar-refractivity contribution in [2.24, 2.45) is 0 Å². The van der Waals surface area contributed by atoms with Crippen LogP contribution in [-0.2, 0) is 10.0 Å². The SMILES string of the molecule is Cl.N#Cc1ccc(S(=O)(=O)NC2CC3CCC(C2)N3)cc1. The molecule has 2 saturated heterocycles. The van der Waals surface area contributed by atoms with Crippen LogP contribution in [0.1, 0.15) is 31.2 Å². The summed E-state index contributed by atoms with van der Waals surface area (Å²) >= 11 is 0. The van der Waals surface area contributed by atoms with E-state index >= 15 is 0 Å². The van der Waals surface area contributed by atoms with Crippen LogP contribution in [0.4, 0.5) is 0 Å². The zero-order valence-electron chi connectivity index (χ0n) is 11.5. The van der Waals surface area contributed by atoms with Crippen LogP contribution in [0.15, 0.2) is 29.2 Å². The molecule has 0 amide bonds. The molecule has 21 heavy (non-hydrogen) atoms. The average molecular weight is 328 g/mol. The maximum atomic E-state index is 12.3. The number of benzene rings is 1. The van der Waals surface area contributed by atoms with Crippen molar-refractivity contribution in [1.29, 1.82) is 5.26 Å². The molecule has 2 aliphatic heterocycles. The van der Waals surface area contributed by atoms with Crippen molar-refractivity contribution in [2.45, 2.75) is 48.7 Å². The Kier molecular flexibility index (Phi) is 4.89. The third-order valence-electron chi connectivity index (χ3n) is 4.09. The van der Waals surface area contributed by atoms with Gasteiger partial charge in [-0.05, 0) is 49.9 Å². The summed E-state index contributed by atoms with van der Waals surface area (Å²) in [4.78, 5) is 0.224. The van der Waals surface area contributed by atoms with Gasteiger partial charge in [-0.2, -0.15) is 5.26 Å². The maximum Gasteiger partial charge on any atom is 0.240 e. The summed E-state index contributed by atoms with van der Waals surface area (Å²) in [6.45, 7) is 0. The number of piperidine rings is 1. The predicted octanol–water partition coefficient (Wildman–Crippen LogP) is 1.54. The second kappa shape index (κ2) is 6.32. The van der Waals surface area contributed by atoms with Gasteiger partial charge in [0.15, 0.2) is 0 Å². The number of nitrogens with one attached hydrogen (secondary N) is 2. The van der Waals surface area contributed by atoms with Gasteiger partial charge in [0, 0.05) is 18.1 Å². The minimum atomic E-state index is -3.49. The first-order valence-corrected chi connectivity index (χ1v) is 8.34. The molecule has 2 aliphatic rings. The zero-order chi connectivity index (χ0) is 14.2. The van der Waals surface area contributed by atoms with Crippen LogP contribution in [-0.4, -0.2) is 26.5 Å². The lowest BCUT2D eigenvalue weighted by atomic mass is 10.0. The van der Waals surface area contributed by atoms with E-state index in [1.165, 1.54) is 24.3 Å². The first-order valence-electron chi connectivity index (χ1n) is 6.85. The molecule has 2 heterocycles. The highest BCUT2D eigenvalue weighted by Crippen LogP contribution is 2.27. The fourth-order valence-corrected chi connectivity index (χ4v) is 4.41. The van der Waals surface area contributed by atoms with Crippen molar-refractivity contribution >= 4 is 22.4 Å². The van der Waals surface area contributed by atoms with E-state index in [1.54, 1.807) is 0 Å². The predicted molar refractivity (Wildman–Crippen MR) is 81.7 cm³/mol. The van der Waals surface area contributed by atoms with Gasteiger partial charge in [-0.25, -0.2) is 13.1 Å². The molecule has 3 rings (SSSR count). The lowest BCUT2D eigenvalue weighted by Crippen LogP contribution is -2.47. The molecular weight excluding hydrogens is 310 g/mol. The van der Waals surface area contributed by atoms with Gasteiger partial charge in [-0.1, -0.05) is 0 Å². The largest absolute Gasteiger partial charge is 0.311 e. The van der Waals surface area contributed by atoms with Gasteiger partial charge in [-0.15, -0.1) is 12.4 Å². The molecular formula is C14H18ClN3O2S. The molecule has 2 N–H and O–H groups in total. The molecule has 2 unspecified atom stereocenters. The van der Waals surface area contributed by atoms with Crippen molar-refractivity contribution in [3.63, 3.8) is 0 Å². The molecule has 0 radical (unpaired) electrons. The highest BCUT2D eigenvalue weighted by atomic mass is 35.5. The second-order valence-electron chi connectivity index (χ2n) is 5.56. The molecule has 7 heteroatoms. The van der Waals surface area contributed by atoms with Gasteiger partial charge in [0.1, 0.15) is 0 Å². The Balaban J connectivity index is 0.00000161. The molecule has 1 aromatic rings. The molecule has 1 aromatic carbocycles. The fourth-order valence-electron chi connectivity index (χ4n) is 3.15. The van der Waals surface area contributed by atoms with Crippen LogP contribution in [0.3, 0.4) is 0 Å². The number of fused-ring (bicyclic) bond motifs is 2. The van der Waals surface area contributed by atoms with Gasteiger partial charge in [0.25, 0.3) is 0 Å². The summed E-state index contributed by atoms with van der Waals surface area (Å²) in [6.07, 6.45) is 3.98. The van der Waals surface area contributed by atoms with E-state index in [0.717, 1.165) is 25.7 Å². The summed E-state index contributed by atoms with van der Waals surface area (Å²) < 4.78 is 27.4. The number of nitriles is 1.